The van der Waals surface area contributed by atoms with Crippen LogP contribution in [0.2, 0.25) is 0 Å². The van der Waals surface area contributed by atoms with E-state index in [0.29, 0.717) is 12.0 Å². The minimum absolute atomic E-state index is 0.240. The first kappa shape index (κ1) is 13.9. The molecule has 2 N–H and O–H groups in total. The lowest BCUT2D eigenvalue weighted by Gasteiger charge is -2.38. The molecule has 1 aliphatic rings. The Morgan fingerprint density at radius 1 is 1.50 bits per heavy atom. The quantitative estimate of drug-likeness (QED) is 0.730. The van der Waals surface area contributed by atoms with Crippen LogP contribution in [0.3, 0.4) is 0 Å². The first-order chi connectivity index (χ1) is 7.65. The lowest BCUT2D eigenvalue weighted by molar-refractivity contribution is -0.00621. The van der Waals surface area contributed by atoms with Crippen molar-refractivity contribution in [1.82, 2.24) is 4.90 Å². The zero-order valence-corrected chi connectivity index (χ0v) is 10.8. The van der Waals surface area contributed by atoms with E-state index >= 15 is 0 Å². The van der Waals surface area contributed by atoms with Gasteiger partial charge >= 0.3 is 0 Å². The van der Waals surface area contributed by atoms with Gasteiger partial charge in [0.25, 0.3) is 0 Å². The lowest BCUT2D eigenvalue weighted by Crippen LogP contribution is -2.55. The second-order valence-electron chi connectivity index (χ2n) is 4.98. The van der Waals surface area contributed by atoms with E-state index in [0.717, 1.165) is 39.3 Å². The first-order valence-electron chi connectivity index (χ1n) is 6.21. The molecule has 1 aliphatic heterocycles. The monoisotopic (exact) mass is 230 g/mol. The third-order valence-electron chi connectivity index (χ3n) is 3.03. The van der Waals surface area contributed by atoms with Gasteiger partial charge in [-0.25, -0.2) is 0 Å². The van der Waals surface area contributed by atoms with Gasteiger partial charge in [-0.2, -0.15) is 0 Å². The maximum atomic E-state index is 6.16. The van der Waals surface area contributed by atoms with Crippen molar-refractivity contribution in [2.24, 2.45) is 11.7 Å². The van der Waals surface area contributed by atoms with Gasteiger partial charge < -0.3 is 15.2 Å². The highest BCUT2D eigenvalue weighted by Gasteiger charge is 2.28. The van der Waals surface area contributed by atoms with Crippen molar-refractivity contribution in [3.8, 4) is 0 Å². The molecule has 1 saturated heterocycles. The van der Waals surface area contributed by atoms with Gasteiger partial charge in [-0.3, -0.25) is 4.90 Å². The molecule has 0 aromatic heterocycles. The summed E-state index contributed by atoms with van der Waals surface area (Å²) in [7, 11) is 1.74. The Bertz CT molecular complexity index is 188. The number of hydrogen-bond acceptors (Lipinski definition) is 4. The number of rotatable bonds is 6. The molecule has 0 radical (unpaired) electrons. The normalized spacial score (nSPS) is 26.6. The summed E-state index contributed by atoms with van der Waals surface area (Å²) in [5.41, 5.74) is 6.16. The van der Waals surface area contributed by atoms with Gasteiger partial charge in [0.1, 0.15) is 0 Å². The molecule has 96 valence electrons. The average molecular weight is 230 g/mol. The SMILES string of the molecule is COCCN(CC(C)C)C1COCCC1N. The van der Waals surface area contributed by atoms with Crippen molar-refractivity contribution in [3.05, 3.63) is 0 Å². The van der Waals surface area contributed by atoms with E-state index < -0.39 is 0 Å². The molecule has 0 aliphatic carbocycles. The van der Waals surface area contributed by atoms with Gasteiger partial charge in [0.05, 0.1) is 13.2 Å². The third kappa shape index (κ3) is 4.37. The highest BCUT2D eigenvalue weighted by molar-refractivity contribution is 4.85. The molecule has 4 nitrogen and oxygen atoms in total. The first-order valence-corrected chi connectivity index (χ1v) is 6.21. The molecule has 0 bridgehead atoms. The zero-order chi connectivity index (χ0) is 12.0. The van der Waals surface area contributed by atoms with Crippen LogP contribution in [0, 0.1) is 5.92 Å². The fourth-order valence-corrected chi connectivity index (χ4v) is 2.19. The van der Waals surface area contributed by atoms with E-state index in [1.807, 2.05) is 0 Å². The van der Waals surface area contributed by atoms with E-state index in [1.54, 1.807) is 7.11 Å². The molecule has 0 aromatic carbocycles. The van der Waals surface area contributed by atoms with Gasteiger partial charge in [0, 0.05) is 38.9 Å². The maximum absolute atomic E-state index is 6.16. The van der Waals surface area contributed by atoms with Crippen LogP contribution >= 0.6 is 0 Å². The predicted octanol–water partition coefficient (Wildman–Crippen LogP) is 0.707. The highest BCUT2D eigenvalue weighted by atomic mass is 16.5. The van der Waals surface area contributed by atoms with Gasteiger partial charge in [0.2, 0.25) is 0 Å². The Labute approximate surface area is 99.1 Å². The molecule has 16 heavy (non-hydrogen) atoms. The minimum atomic E-state index is 0.240. The van der Waals surface area contributed by atoms with E-state index in [9.17, 15) is 0 Å². The fraction of sp³-hybridized carbons (Fsp3) is 1.00. The summed E-state index contributed by atoms with van der Waals surface area (Å²) >= 11 is 0. The van der Waals surface area contributed by atoms with Crippen molar-refractivity contribution in [2.45, 2.75) is 32.4 Å². The van der Waals surface area contributed by atoms with Crippen LogP contribution in [0.4, 0.5) is 0 Å². The molecule has 0 spiro atoms. The Balaban J connectivity index is 2.50. The largest absolute Gasteiger partial charge is 0.383 e. The number of nitrogens with two attached hydrogens (primary N) is 1. The number of ether oxygens (including phenoxy) is 2. The molecule has 0 saturated carbocycles. The molecular weight excluding hydrogens is 204 g/mol. The number of hydrogen-bond donors (Lipinski definition) is 1. The Kier molecular flexibility index (Phi) is 6.28. The van der Waals surface area contributed by atoms with E-state index in [-0.39, 0.29) is 6.04 Å². The molecule has 0 aromatic rings. The molecule has 0 amide bonds. The molecule has 2 unspecified atom stereocenters. The molecule has 1 fully saturated rings. The highest BCUT2D eigenvalue weighted by Crippen LogP contribution is 2.14. The Morgan fingerprint density at radius 2 is 2.25 bits per heavy atom. The van der Waals surface area contributed by atoms with Gasteiger partial charge in [-0.05, 0) is 12.3 Å². The smallest absolute Gasteiger partial charge is 0.0636 e. The summed E-state index contributed by atoms with van der Waals surface area (Å²) in [5, 5.41) is 0. The van der Waals surface area contributed by atoms with Crippen molar-refractivity contribution >= 4 is 0 Å². The Morgan fingerprint density at radius 3 is 2.81 bits per heavy atom. The van der Waals surface area contributed by atoms with Crippen LogP contribution < -0.4 is 5.73 Å². The molecule has 1 heterocycles. The van der Waals surface area contributed by atoms with Crippen LogP contribution in [0.25, 0.3) is 0 Å². The second kappa shape index (κ2) is 7.22. The second-order valence-corrected chi connectivity index (χ2v) is 4.98. The summed E-state index contributed by atoms with van der Waals surface area (Å²) in [6.07, 6.45) is 0.965. The predicted molar refractivity (Wildman–Crippen MR) is 65.5 cm³/mol. The van der Waals surface area contributed by atoms with Crippen LogP contribution in [-0.2, 0) is 9.47 Å². The zero-order valence-electron chi connectivity index (χ0n) is 10.8. The van der Waals surface area contributed by atoms with Crippen molar-refractivity contribution in [2.75, 3.05) is 40.0 Å². The van der Waals surface area contributed by atoms with Crippen LogP contribution in [0.15, 0.2) is 0 Å². The summed E-state index contributed by atoms with van der Waals surface area (Å²) in [6.45, 7) is 8.79. The topological polar surface area (TPSA) is 47.7 Å². The standard InChI is InChI=1S/C12H26N2O2/c1-10(2)8-14(5-7-15-3)12-9-16-6-4-11(12)13/h10-12H,4-9,13H2,1-3H3. The lowest BCUT2D eigenvalue weighted by atomic mass is 10.0. The molecular formula is C12H26N2O2. The van der Waals surface area contributed by atoms with Gasteiger partial charge in [-0.15, -0.1) is 0 Å². The maximum Gasteiger partial charge on any atom is 0.0636 e. The molecule has 1 rings (SSSR count). The summed E-state index contributed by atoms with van der Waals surface area (Å²) in [6, 6.07) is 0.593. The van der Waals surface area contributed by atoms with E-state index in [4.69, 9.17) is 15.2 Å². The number of nitrogens with zero attached hydrogens (tertiary/aromatic N) is 1. The van der Waals surface area contributed by atoms with Gasteiger partial charge in [0.15, 0.2) is 0 Å². The third-order valence-corrected chi connectivity index (χ3v) is 3.03. The summed E-state index contributed by atoms with van der Waals surface area (Å²) in [5.74, 6) is 0.644. The van der Waals surface area contributed by atoms with Crippen LogP contribution in [0.1, 0.15) is 20.3 Å². The van der Waals surface area contributed by atoms with Crippen LogP contribution in [-0.4, -0.2) is 57.0 Å². The Hall–Kier alpha value is -0.160. The van der Waals surface area contributed by atoms with Crippen molar-refractivity contribution in [3.63, 3.8) is 0 Å². The van der Waals surface area contributed by atoms with Crippen LogP contribution in [0.5, 0.6) is 0 Å². The minimum Gasteiger partial charge on any atom is -0.383 e. The number of methoxy groups -OCH3 is 1. The van der Waals surface area contributed by atoms with E-state index in [1.165, 1.54) is 0 Å². The van der Waals surface area contributed by atoms with Crippen molar-refractivity contribution < 1.29 is 9.47 Å². The molecule has 4 heteroatoms. The summed E-state index contributed by atoms with van der Waals surface area (Å²) < 4.78 is 10.7. The fourth-order valence-electron chi connectivity index (χ4n) is 2.19. The van der Waals surface area contributed by atoms with Gasteiger partial charge in [-0.1, -0.05) is 13.8 Å². The summed E-state index contributed by atoms with van der Waals surface area (Å²) in [4.78, 5) is 2.41. The average Bonchev–Trinajstić information content (AvgIpc) is 2.24. The molecule has 2 atom stereocenters. The van der Waals surface area contributed by atoms with Crippen molar-refractivity contribution in [1.29, 1.82) is 0 Å². The van der Waals surface area contributed by atoms with E-state index in [2.05, 4.69) is 18.7 Å².